The predicted octanol–water partition coefficient (Wildman–Crippen LogP) is 0.755. The van der Waals surface area contributed by atoms with Gasteiger partial charge in [-0.25, -0.2) is 4.39 Å². The lowest BCUT2D eigenvalue weighted by molar-refractivity contribution is -0.371. The predicted molar refractivity (Wildman–Crippen MR) is 44.4 cm³/mol. The van der Waals surface area contributed by atoms with Crippen molar-refractivity contribution in [2.45, 2.75) is 6.92 Å². The molecule has 0 atom stereocenters. The SMILES string of the molecule is Cc1ccc(OCC[NH3+])c(F)c1. The lowest BCUT2D eigenvalue weighted by atomic mass is 10.2. The van der Waals surface area contributed by atoms with E-state index in [1.807, 2.05) is 13.0 Å². The van der Waals surface area contributed by atoms with E-state index in [0.29, 0.717) is 18.9 Å². The quantitative estimate of drug-likeness (QED) is 0.714. The molecule has 1 aromatic rings. The third-order valence-electron chi connectivity index (χ3n) is 1.49. The van der Waals surface area contributed by atoms with Crippen LogP contribution in [0.4, 0.5) is 4.39 Å². The molecule has 0 aliphatic heterocycles. The Morgan fingerprint density at radius 3 is 2.83 bits per heavy atom. The molecule has 0 saturated heterocycles. The highest BCUT2D eigenvalue weighted by atomic mass is 19.1. The standard InChI is InChI=1S/C9H12FNO/c1-7-2-3-9(8(10)6-7)12-5-4-11/h2-3,6H,4-5,11H2,1H3/p+1. The number of halogens is 1. The summed E-state index contributed by atoms with van der Waals surface area (Å²) in [5, 5.41) is 0. The number of ether oxygens (including phenoxy) is 1. The molecule has 0 saturated carbocycles. The van der Waals surface area contributed by atoms with Gasteiger partial charge in [-0.3, -0.25) is 0 Å². The average Bonchev–Trinajstić information content (AvgIpc) is 2.03. The van der Waals surface area contributed by atoms with E-state index < -0.39 is 0 Å². The van der Waals surface area contributed by atoms with Gasteiger partial charge >= 0.3 is 0 Å². The van der Waals surface area contributed by atoms with E-state index in [-0.39, 0.29) is 5.82 Å². The fourth-order valence-electron chi connectivity index (χ4n) is 0.905. The van der Waals surface area contributed by atoms with Gasteiger partial charge in [0.1, 0.15) is 13.2 Å². The Labute approximate surface area is 71.1 Å². The lowest BCUT2D eigenvalue weighted by Gasteiger charge is -2.04. The third-order valence-corrected chi connectivity index (χ3v) is 1.49. The highest BCUT2D eigenvalue weighted by molar-refractivity contribution is 5.28. The first kappa shape index (κ1) is 9.00. The summed E-state index contributed by atoms with van der Waals surface area (Å²) in [7, 11) is 0. The van der Waals surface area contributed by atoms with Crippen molar-refractivity contribution in [3.63, 3.8) is 0 Å². The Hall–Kier alpha value is -1.09. The van der Waals surface area contributed by atoms with Gasteiger partial charge in [0.05, 0.1) is 0 Å². The van der Waals surface area contributed by atoms with Crippen molar-refractivity contribution in [3.05, 3.63) is 29.6 Å². The molecule has 1 aromatic carbocycles. The molecule has 0 aromatic heterocycles. The Bertz CT molecular complexity index is 263. The molecule has 0 fully saturated rings. The van der Waals surface area contributed by atoms with Crippen LogP contribution >= 0.6 is 0 Å². The number of quaternary nitrogens is 1. The van der Waals surface area contributed by atoms with Crippen LogP contribution in [0.15, 0.2) is 18.2 Å². The minimum atomic E-state index is -0.302. The Morgan fingerprint density at radius 2 is 2.25 bits per heavy atom. The van der Waals surface area contributed by atoms with Gasteiger partial charge in [0, 0.05) is 0 Å². The first-order chi connectivity index (χ1) is 5.74. The maximum atomic E-state index is 13.0. The molecule has 0 bridgehead atoms. The second kappa shape index (κ2) is 4.07. The highest BCUT2D eigenvalue weighted by Crippen LogP contribution is 2.17. The van der Waals surface area contributed by atoms with Crippen molar-refractivity contribution in [2.24, 2.45) is 0 Å². The topological polar surface area (TPSA) is 36.9 Å². The molecule has 0 amide bonds. The maximum absolute atomic E-state index is 13.0. The summed E-state index contributed by atoms with van der Waals surface area (Å²) >= 11 is 0. The molecule has 0 heterocycles. The average molecular weight is 170 g/mol. The van der Waals surface area contributed by atoms with Crippen LogP contribution in [0.5, 0.6) is 5.75 Å². The third kappa shape index (κ3) is 2.20. The van der Waals surface area contributed by atoms with Crippen LogP contribution in [-0.4, -0.2) is 13.2 Å². The second-order valence-corrected chi connectivity index (χ2v) is 2.64. The summed E-state index contributed by atoms with van der Waals surface area (Å²) in [6.45, 7) is 2.95. The van der Waals surface area contributed by atoms with Crippen molar-refractivity contribution in [1.82, 2.24) is 0 Å². The van der Waals surface area contributed by atoms with Crippen LogP contribution in [0.2, 0.25) is 0 Å². The van der Waals surface area contributed by atoms with Gasteiger partial charge < -0.3 is 10.5 Å². The summed E-state index contributed by atoms with van der Waals surface area (Å²) in [4.78, 5) is 0. The van der Waals surface area contributed by atoms with Gasteiger partial charge in [-0.1, -0.05) is 6.07 Å². The molecule has 3 heteroatoms. The first-order valence-corrected chi connectivity index (χ1v) is 3.92. The van der Waals surface area contributed by atoms with Gasteiger partial charge in [-0.05, 0) is 24.6 Å². The van der Waals surface area contributed by atoms with Crippen LogP contribution < -0.4 is 10.5 Å². The van der Waals surface area contributed by atoms with Crippen molar-refractivity contribution in [3.8, 4) is 5.75 Å². The van der Waals surface area contributed by atoms with Gasteiger partial charge in [0.2, 0.25) is 0 Å². The number of rotatable bonds is 3. The molecule has 0 aliphatic carbocycles. The molecule has 0 spiro atoms. The fourth-order valence-corrected chi connectivity index (χ4v) is 0.905. The van der Waals surface area contributed by atoms with Crippen molar-refractivity contribution in [1.29, 1.82) is 0 Å². The van der Waals surface area contributed by atoms with Gasteiger partial charge in [-0.2, -0.15) is 0 Å². The molecular weight excluding hydrogens is 157 g/mol. The molecule has 0 unspecified atom stereocenters. The zero-order valence-electron chi connectivity index (χ0n) is 7.14. The van der Waals surface area contributed by atoms with Crippen LogP contribution in [-0.2, 0) is 0 Å². The minimum Gasteiger partial charge on any atom is -0.485 e. The van der Waals surface area contributed by atoms with Crippen molar-refractivity contribution >= 4 is 0 Å². The van der Waals surface area contributed by atoms with E-state index in [0.717, 1.165) is 5.56 Å². The molecule has 0 radical (unpaired) electrons. The van der Waals surface area contributed by atoms with Crippen molar-refractivity contribution < 1.29 is 14.9 Å². The van der Waals surface area contributed by atoms with E-state index in [1.54, 1.807) is 6.07 Å². The summed E-state index contributed by atoms with van der Waals surface area (Å²) in [5.41, 5.74) is 4.50. The van der Waals surface area contributed by atoms with Crippen LogP contribution in [0, 0.1) is 12.7 Å². The van der Waals surface area contributed by atoms with Crippen molar-refractivity contribution in [2.75, 3.05) is 13.2 Å². The molecule has 66 valence electrons. The molecule has 1 rings (SSSR count). The fraction of sp³-hybridized carbons (Fsp3) is 0.333. The lowest BCUT2D eigenvalue weighted by Crippen LogP contribution is -2.52. The molecule has 2 nitrogen and oxygen atoms in total. The number of aryl methyl sites for hydroxylation is 1. The summed E-state index contributed by atoms with van der Waals surface area (Å²) in [6, 6.07) is 4.92. The normalized spacial score (nSPS) is 9.92. The van der Waals surface area contributed by atoms with Crippen LogP contribution in [0.25, 0.3) is 0 Å². The van der Waals surface area contributed by atoms with Gasteiger partial charge in [0.15, 0.2) is 11.6 Å². The van der Waals surface area contributed by atoms with E-state index in [9.17, 15) is 4.39 Å². The Morgan fingerprint density at radius 1 is 1.50 bits per heavy atom. The van der Waals surface area contributed by atoms with E-state index in [4.69, 9.17) is 4.74 Å². The van der Waals surface area contributed by atoms with E-state index >= 15 is 0 Å². The van der Waals surface area contributed by atoms with E-state index in [1.165, 1.54) is 6.07 Å². The van der Waals surface area contributed by atoms with Crippen LogP contribution in [0.1, 0.15) is 5.56 Å². The van der Waals surface area contributed by atoms with Gasteiger partial charge in [0.25, 0.3) is 0 Å². The molecule has 0 aliphatic rings. The largest absolute Gasteiger partial charge is 0.485 e. The zero-order chi connectivity index (χ0) is 8.97. The maximum Gasteiger partial charge on any atom is 0.165 e. The minimum absolute atomic E-state index is 0.302. The van der Waals surface area contributed by atoms with Gasteiger partial charge in [-0.15, -0.1) is 0 Å². The summed E-state index contributed by atoms with van der Waals surface area (Å²) in [5.74, 6) is 0.00713. The Balaban J connectivity index is 2.72. The zero-order valence-corrected chi connectivity index (χ0v) is 7.14. The Kier molecular flexibility index (Phi) is 3.05. The molecular formula is C9H13FNO+. The molecule has 12 heavy (non-hydrogen) atoms. The number of hydrogen-bond donors (Lipinski definition) is 1. The smallest absolute Gasteiger partial charge is 0.165 e. The molecule has 3 N–H and O–H groups in total. The summed E-state index contributed by atoms with van der Waals surface area (Å²) in [6.07, 6.45) is 0. The second-order valence-electron chi connectivity index (χ2n) is 2.64. The van der Waals surface area contributed by atoms with E-state index in [2.05, 4.69) is 5.73 Å². The first-order valence-electron chi connectivity index (χ1n) is 3.92. The number of benzene rings is 1. The highest BCUT2D eigenvalue weighted by Gasteiger charge is 2.01. The van der Waals surface area contributed by atoms with Crippen LogP contribution in [0.3, 0.4) is 0 Å². The summed E-state index contributed by atoms with van der Waals surface area (Å²) < 4.78 is 18.1. The number of hydrogen-bond acceptors (Lipinski definition) is 1. The monoisotopic (exact) mass is 170 g/mol.